The SMILES string of the molecule is Cc1ccc(CO)cc1S(=O)(=O)NCc1ncon1. The van der Waals surface area contributed by atoms with E-state index in [0.717, 1.165) is 6.39 Å². The summed E-state index contributed by atoms with van der Waals surface area (Å²) in [6, 6.07) is 4.76. The third-order valence-electron chi connectivity index (χ3n) is 2.55. The number of hydrogen-bond acceptors (Lipinski definition) is 6. The molecular weight excluding hydrogens is 270 g/mol. The van der Waals surface area contributed by atoms with Gasteiger partial charge in [0, 0.05) is 0 Å². The second kappa shape index (κ2) is 5.47. The van der Waals surface area contributed by atoms with Gasteiger partial charge in [-0.05, 0) is 24.1 Å². The summed E-state index contributed by atoms with van der Waals surface area (Å²) in [5.41, 5.74) is 1.13. The zero-order valence-corrected chi connectivity index (χ0v) is 11.0. The molecule has 0 amide bonds. The minimum absolute atomic E-state index is 0.0539. The molecule has 0 atom stereocenters. The standard InChI is InChI=1S/C11H13N3O4S/c1-8-2-3-9(6-15)4-10(8)19(16,17)13-5-11-12-7-18-14-11/h2-4,7,13,15H,5-6H2,1H3. The number of aromatic nitrogens is 2. The maximum Gasteiger partial charge on any atom is 0.241 e. The summed E-state index contributed by atoms with van der Waals surface area (Å²) >= 11 is 0. The fourth-order valence-electron chi connectivity index (χ4n) is 1.54. The van der Waals surface area contributed by atoms with Crippen LogP contribution in [-0.4, -0.2) is 23.7 Å². The van der Waals surface area contributed by atoms with Gasteiger partial charge in [-0.25, -0.2) is 13.1 Å². The fourth-order valence-corrected chi connectivity index (χ4v) is 2.81. The number of rotatable bonds is 5. The number of aliphatic hydroxyl groups excluding tert-OH is 1. The number of sulfonamides is 1. The van der Waals surface area contributed by atoms with E-state index < -0.39 is 10.0 Å². The van der Waals surface area contributed by atoms with Crippen LogP contribution in [0.3, 0.4) is 0 Å². The maximum absolute atomic E-state index is 12.1. The van der Waals surface area contributed by atoms with Crippen LogP contribution in [0.5, 0.6) is 0 Å². The lowest BCUT2D eigenvalue weighted by Crippen LogP contribution is -2.24. The average molecular weight is 283 g/mol. The Morgan fingerprint density at radius 3 is 2.84 bits per heavy atom. The molecule has 2 N–H and O–H groups in total. The van der Waals surface area contributed by atoms with Gasteiger partial charge in [0.05, 0.1) is 18.0 Å². The Hall–Kier alpha value is -1.77. The van der Waals surface area contributed by atoms with Gasteiger partial charge in [0.15, 0.2) is 5.82 Å². The molecule has 0 spiro atoms. The molecule has 0 saturated heterocycles. The Bertz CT molecular complexity index is 653. The lowest BCUT2D eigenvalue weighted by atomic mass is 10.2. The van der Waals surface area contributed by atoms with E-state index in [1.54, 1.807) is 19.1 Å². The van der Waals surface area contributed by atoms with Gasteiger partial charge in [0.25, 0.3) is 0 Å². The molecule has 0 fully saturated rings. The molecule has 1 aromatic heterocycles. The van der Waals surface area contributed by atoms with Gasteiger partial charge in [-0.15, -0.1) is 0 Å². The summed E-state index contributed by atoms with van der Waals surface area (Å²) < 4.78 is 31.2. The first-order valence-electron chi connectivity index (χ1n) is 5.48. The normalized spacial score (nSPS) is 11.7. The summed E-state index contributed by atoms with van der Waals surface area (Å²) in [6.07, 6.45) is 1.13. The lowest BCUT2D eigenvalue weighted by molar-refractivity contribution is 0.281. The Kier molecular flexibility index (Phi) is 3.93. The van der Waals surface area contributed by atoms with Crippen molar-refractivity contribution in [2.45, 2.75) is 25.0 Å². The molecule has 0 bridgehead atoms. The lowest BCUT2D eigenvalue weighted by Gasteiger charge is -2.09. The van der Waals surface area contributed by atoms with Crippen molar-refractivity contribution >= 4 is 10.0 Å². The Morgan fingerprint density at radius 1 is 1.42 bits per heavy atom. The first-order chi connectivity index (χ1) is 9.03. The summed E-state index contributed by atoms with van der Waals surface area (Å²) in [7, 11) is -3.68. The molecule has 0 radical (unpaired) electrons. The van der Waals surface area contributed by atoms with Gasteiger partial charge >= 0.3 is 0 Å². The van der Waals surface area contributed by atoms with Gasteiger partial charge < -0.3 is 9.63 Å². The highest BCUT2D eigenvalue weighted by molar-refractivity contribution is 7.89. The van der Waals surface area contributed by atoms with Crippen LogP contribution in [0.15, 0.2) is 34.0 Å². The first kappa shape index (κ1) is 13.7. The van der Waals surface area contributed by atoms with Crippen molar-refractivity contribution in [2.75, 3.05) is 0 Å². The van der Waals surface area contributed by atoms with Gasteiger partial charge in [-0.2, -0.15) is 4.98 Å². The van der Waals surface area contributed by atoms with E-state index in [1.165, 1.54) is 6.07 Å². The zero-order chi connectivity index (χ0) is 13.9. The second-order valence-electron chi connectivity index (χ2n) is 3.93. The van der Waals surface area contributed by atoms with E-state index in [2.05, 4.69) is 19.4 Å². The molecule has 102 valence electrons. The third kappa shape index (κ3) is 3.16. The topological polar surface area (TPSA) is 105 Å². The Morgan fingerprint density at radius 2 is 2.21 bits per heavy atom. The summed E-state index contributed by atoms with van der Waals surface area (Å²) in [5, 5.41) is 12.6. The highest BCUT2D eigenvalue weighted by Crippen LogP contribution is 2.17. The molecule has 2 rings (SSSR count). The summed E-state index contributed by atoms with van der Waals surface area (Å²) in [4.78, 5) is 3.85. The van der Waals surface area contributed by atoms with Crippen molar-refractivity contribution < 1.29 is 18.0 Å². The molecule has 19 heavy (non-hydrogen) atoms. The molecule has 0 aliphatic heterocycles. The molecule has 0 aliphatic rings. The van der Waals surface area contributed by atoms with E-state index >= 15 is 0 Å². The number of hydrogen-bond donors (Lipinski definition) is 2. The molecule has 0 unspecified atom stereocenters. The van der Waals surface area contributed by atoms with E-state index in [4.69, 9.17) is 5.11 Å². The molecule has 7 nitrogen and oxygen atoms in total. The van der Waals surface area contributed by atoms with Crippen molar-refractivity contribution in [2.24, 2.45) is 0 Å². The molecule has 8 heteroatoms. The predicted molar refractivity (Wildman–Crippen MR) is 65.4 cm³/mol. The van der Waals surface area contributed by atoms with Gasteiger partial charge in [-0.3, -0.25) is 0 Å². The van der Waals surface area contributed by atoms with E-state index in [-0.39, 0.29) is 23.9 Å². The van der Waals surface area contributed by atoms with Crippen LogP contribution in [0.4, 0.5) is 0 Å². The minimum Gasteiger partial charge on any atom is -0.392 e. The minimum atomic E-state index is -3.68. The molecule has 0 saturated carbocycles. The molecule has 2 aromatic rings. The van der Waals surface area contributed by atoms with Crippen molar-refractivity contribution in [3.8, 4) is 0 Å². The van der Waals surface area contributed by atoms with Crippen LogP contribution < -0.4 is 4.72 Å². The summed E-state index contributed by atoms with van der Waals surface area (Å²) in [5.74, 6) is 0.250. The van der Waals surface area contributed by atoms with E-state index in [0.29, 0.717) is 11.1 Å². The monoisotopic (exact) mass is 283 g/mol. The summed E-state index contributed by atoms with van der Waals surface area (Å²) in [6.45, 7) is 1.42. The molecular formula is C11H13N3O4S. The van der Waals surface area contributed by atoms with Gasteiger partial charge in [-0.1, -0.05) is 17.3 Å². The van der Waals surface area contributed by atoms with Crippen LogP contribution in [0.1, 0.15) is 17.0 Å². The largest absolute Gasteiger partial charge is 0.392 e. The highest BCUT2D eigenvalue weighted by atomic mass is 32.2. The fraction of sp³-hybridized carbons (Fsp3) is 0.273. The second-order valence-corrected chi connectivity index (χ2v) is 5.67. The number of aryl methyl sites for hydroxylation is 1. The van der Waals surface area contributed by atoms with Crippen LogP contribution in [0, 0.1) is 6.92 Å². The number of benzene rings is 1. The zero-order valence-electron chi connectivity index (χ0n) is 10.2. The first-order valence-corrected chi connectivity index (χ1v) is 6.96. The number of aliphatic hydroxyl groups is 1. The Balaban J connectivity index is 2.23. The van der Waals surface area contributed by atoms with Crippen LogP contribution in [0.2, 0.25) is 0 Å². The van der Waals surface area contributed by atoms with Crippen LogP contribution in [0.25, 0.3) is 0 Å². The highest BCUT2D eigenvalue weighted by Gasteiger charge is 2.17. The quantitative estimate of drug-likeness (QED) is 0.820. The van der Waals surface area contributed by atoms with Crippen LogP contribution in [-0.2, 0) is 23.2 Å². The van der Waals surface area contributed by atoms with Crippen molar-refractivity contribution in [3.05, 3.63) is 41.5 Å². The number of nitrogens with zero attached hydrogens (tertiary/aromatic N) is 2. The molecule has 1 heterocycles. The van der Waals surface area contributed by atoms with Crippen molar-refractivity contribution in [1.29, 1.82) is 0 Å². The number of nitrogens with one attached hydrogen (secondary N) is 1. The van der Waals surface area contributed by atoms with Gasteiger partial charge in [0.1, 0.15) is 0 Å². The predicted octanol–water partition coefficient (Wildman–Crippen LogP) is 0.349. The maximum atomic E-state index is 12.1. The van der Waals surface area contributed by atoms with Crippen molar-refractivity contribution in [1.82, 2.24) is 14.9 Å². The van der Waals surface area contributed by atoms with Gasteiger partial charge in [0.2, 0.25) is 16.4 Å². The Labute approximate surface area is 110 Å². The average Bonchev–Trinajstić information content (AvgIpc) is 2.90. The molecule has 0 aliphatic carbocycles. The third-order valence-corrected chi connectivity index (χ3v) is 4.10. The smallest absolute Gasteiger partial charge is 0.241 e. The van der Waals surface area contributed by atoms with E-state index in [9.17, 15) is 8.42 Å². The van der Waals surface area contributed by atoms with Crippen molar-refractivity contribution in [3.63, 3.8) is 0 Å². The van der Waals surface area contributed by atoms with Crippen LogP contribution >= 0.6 is 0 Å². The van der Waals surface area contributed by atoms with E-state index in [1.807, 2.05) is 0 Å². The molecule has 1 aromatic carbocycles.